The second-order valence-electron chi connectivity index (χ2n) is 5.32. The molecule has 0 aliphatic carbocycles. The van der Waals surface area contributed by atoms with Crippen molar-refractivity contribution in [1.82, 2.24) is 5.32 Å². The van der Waals surface area contributed by atoms with Crippen LogP contribution in [0.5, 0.6) is 5.75 Å². The van der Waals surface area contributed by atoms with E-state index in [1.54, 1.807) is 14.0 Å². The van der Waals surface area contributed by atoms with Crippen LogP contribution >= 0.6 is 23.6 Å². The van der Waals surface area contributed by atoms with Gasteiger partial charge in [0, 0.05) is 6.54 Å². The van der Waals surface area contributed by atoms with Gasteiger partial charge in [0.1, 0.15) is 10.6 Å². The van der Waals surface area contributed by atoms with Gasteiger partial charge in [0.2, 0.25) is 0 Å². The van der Waals surface area contributed by atoms with Crippen LogP contribution in [0.25, 0.3) is 0 Å². The van der Waals surface area contributed by atoms with Crippen LogP contribution in [0.3, 0.4) is 0 Å². The lowest BCUT2D eigenvalue weighted by Gasteiger charge is -2.09. The summed E-state index contributed by atoms with van der Waals surface area (Å²) in [5.74, 6) is 0.552. The molecular weight excluding hydrogens is 356 g/mol. The number of anilines is 1. The highest BCUT2D eigenvalue weighted by atomic mass is 32.1. The van der Waals surface area contributed by atoms with Gasteiger partial charge in [-0.3, -0.25) is 0 Å². The minimum Gasteiger partial charge on any atom is -0.497 e. The van der Waals surface area contributed by atoms with Crippen LogP contribution < -0.4 is 15.4 Å². The number of nitrogens with one attached hydrogen (secondary N) is 2. The Morgan fingerprint density at radius 3 is 2.64 bits per heavy atom. The van der Waals surface area contributed by atoms with Crippen molar-refractivity contribution >= 4 is 39.6 Å². The van der Waals surface area contributed by atoms with Crippen LogP contribution in [-0.2, 0) is 11.2 Å². The normalized spacial score (nSPS) is 10.2. The van der Waals surface area contributed by atoms with E-state index in [0.29, 0.717) is 23.1 Å². The molecule has 0 amide bonds. The van der Waals surface area contributed by atoms with Gasteiger partial charge in [-0.15, -0.1) is 11.3 Å². The predicted molar refractivity (Wildman–Crippen MR) is 106 cm³/mol. The summed E-state index contributed by atoms with van der Waals surface area (Å²) in [7, 11) is 1.65. The van der Waals surface area contributed by atoms with E-state index in [9.17, 15) is 4.79 Å². The van der Waals surface area contributed by atoms with Gasteiger partial charge >= 0.3 is 5.97 Å². The zero-order valence-corrected chi connectivity index (χ0v) is 16.2. The largest absolute Gasteiger partial charge is 0.497 e. The first kappa shape index (κ1) is 19.2. The quantitative estimate of drug-likeness (QED) is 0.565. The standard InChI is InChI=1S/C18H22N2O3S2/c1-4-23-17(21)16-12(2)11-15(25-16)20-18(24)19-10-9-13-5-7-14(22-3)8-6-13/h5-8,11H,4,9-10H2,1-3H3,(H2,19,20,24). The molecule has 0 atom stereocenters. The van der Waals surface area contributed by atoms with Gasteiger partial charge in [-0.05, 0) is 61.8 Å². The minimum atomic E-state index is -0.295. The molecule has 0 saturated heterocycles. The molecule has 2 rings (SSSR count). The second kappa shape index (κ2) is 9.39. The summed E-state index contributed by atoms with van der Waals surface area (Å²) in [5, 5.41) is 7.64. The number of thiocarbonyl (C=S) groups is 1. The Morgan fingerprint density at radius 2 is 2.00 bits per heavy atom. The maximum Gasteiger partial charge on any atom is 0.348 e. The van der Waals surface area contributed by atoms with E-state index < -0.39 is 0 Å². The lowest BCUT2D eigenvalue weighted by Crippen LogP contribution is -2.29. The Labute approximate surface area is 157 Å². The molecule has 0 saturated carbocycles. The number of esters is 1. The van der Waals surface area contributed by atoms with Crippen molar-refractivity contribution in [3.05, 3.63) is 46.3 Å². The predicted octanol–water partition coefficient (Wildman–Crippen LogP) is 3.77. The number of carbonyl (C=O) groups excluding carboxylic acids is 1. The highest BCUT2D eigenvalue weighted by Crippen LogP contribution is 2.27. The number of thiophene rings is 1. The molecule has 25 heavy (non-hydrogen) atoms. The number of ether oxygens (including phenoxy) is 2. The Hall–Kier alpha value is -2.12. The summed E-state index contributed by atoms with van der Waals surface area (Å²) in [6.45, 7) is 4.76. The third-order valence-electron chi connectivity index (χ3n) is 3.47. The number of aryl methyl sites for hydroxylation is 1. The van der Waals surface area contributed by atoms with Crippen LogP contribution in [0.2, 0.25) is 0 Å². The van der Waals surface area contributed by atoms with E-state index >= 15 is 0 Å². The fourth-order valence-electron chi connectivity index (χ4n) is 2.21. The topological polar surface area (TPSA) is 59.6 Å². The van der Waals surface area contributed by atoms with E-state index in [1.807, 2.05) is 37.3 Å². The molecule has 2 N–H and O–H groups in total. The first-order valence-corrected chi connectivity index (χ1v) is 9.21. The van der Waals surface area contributed by atoms with Gasteiger partial charge in [-0.2, -0.15) is 0 Å². The molecule has 1 heterocycles. The number of carbonyl (C=O) groups is 1. The van der Waals surface area contributed by atoms with E-state index in [1.165, 1.54) is 16.9 Å². The van der Waals surface area contributed by atoms with Crippen molar-refractivity contribution in [3.8, 4) is 5.75 Å². The van der Waals surface area contributed by atoms with Crippen LogP contribution in [-0.4, -0.2) is 31.3 Å². The number of rotatable bonds is 7. The zero-order chi connectivity index (χ0) is 18.2. The fourth-order valence-corrected chi connectivity index (χ4v) is 3.46. The molecule has 0 unspecified atom stereocenters. The van der Waals surface area contributed by atoms with E-state index in [-0.39, 0.29) is 5.97 Å². The summed E-state index contributed by atoms with van der Waals surface area (Å²) in [6, 6.07) is 9.85. The fraction of sp³-hybridized carbons (Fsp3) is 0.333. The monoisotopic (exact) mass is 378 g/mol. The maximum absolute atomic E-state index is 11.8. The summed E-state index contributed by atoms with van der Waals surface area (Å²) in [5.41, 5.74) is 2.08. The van der Waals surface area contributed by atoms with E-state index in [4.69, 9.17) is 21.7 Å². The first-order valence-electron chi connectivity index (χ1n) is 7.98. The smallest absolute Gasteiger partial charge is 0.348 e. The van der Waals surface area contributed by atoms with Gasteiger partial charge in [0.15, 0.2) is 5.11 Å². The van der Waals surface area contributed by atoms with Crippen molar-refractivity contribution in [1.29, 1.82) is 0 Å². The average molecular weight is 379 g/mol. The molecule has 1 aromatic carbocycles. The Morgan fingerprint density at radius 1 is 1.28 bits per heavy atom. The van der Waals surface area contributed by atoms with Crippen LogP contribution in [0, 0.1) is 6.92 Å². The molecule has 0 radical (unpaired) electrons. The molecule has 1 aromatic heterocycles. The SMILES string of the molecule is CCOC(=O)c1sc(NC(=S)NCCc2ccc(OC)cc2)cc1C. The average Bonchev–Trinajstić information content (AvgIpc) is 2.96. The molecule has 5 nitrogen and oxygen atoms in total. The number of methoxy groups -OCH3 is 1. The third-order valence-corrected chi connectivity index (χ3v) is 4.85. The summed E-state index contributed by atoms with van der Waals surface area (Å²) in [6.07, 6.45) is 0.851. The van der Waals surface area contributed by atoms with Crippen molar-refractivity contribution in [2.24, 2.45) is 0 Å². The molecule has 2 aromatic rings. The van der Waals surface area contributed by atoms with Gasteiger partial charge < -0.3 is 20.1 Å². The van der Waals surface area contributed by atoms with Crippen LogP contribution in [0.4, 0.5) is 5.00 Å². The molecule has 0 aliphatic rings. The summed E-state index contributed by atoms with van der Waals surface area (Å²) in [4.78, 5) is 12.4. The van der Waals surface area contributed by atoms with Crippen molar-refractivity contribution < 1.29 is 14.3 Å². The molecule has 0 spiro atoms. The molecule has 0 fully saturated rings. The van der Waals surface area contributed by atoms with Gasteiger partial charge in [0.05, 0.1) is 18.7 Å². The summed E-state index contributed by atoms with van der Waals surface area (Å²) >= 11 is 6.65. The lowest BCUT2D eigenvalue weighted by molar-refractivity contribution is 0.0531. The van der Waals surface area contributed by atoms with Crippen molar-refractivity contribution in [3.63, 3.8) is 0 Å². The molecular formula is C18H22N2O3S2. The van der Waals surface area contributed by atoms with Gasteiger partial charge in [-0.25, -0.2) is 4.79 Å². The molecule has 0 aliphatic heterocycles. The first-order chi connectivity index (χ1) is 12.0. The molecule has 7 heteroatoms. The lowest BCUT2D eigenvalue weighted by atomic mass is 10.1. The maximum atomic E-state index is 11.8. The van der Waals surface area contributed by atoms with Crippen LogP contribution in [0.15, 0.2) is 30.3 Å². The highest BCUT2D eigenvalue weighted by molar-refractivity contribution is 7.80. The van der Waals surface area contributed by atoms with Crippen molar-refractivity contribution in [2.75, 3.05) is 25.6 Å². The molecule has 134 valence electrons. The summed E-state index contributed by atoms with van der Waals surface area (Å²) < 4.78 is 10.2. The third kappa shape index (κ3) is 5.72. The Balaban J connectivity index is 1.81. The minimum absolute atomic E-state index is 0.295. The number of hydrogen-bond donors (Lipinski definition) is 2. The van der Waals surface area contributed by atoms with Gasteiger partial charge in [0.25, 0.3) is 0 Å². The van der Waals surface area contributed by atoms with Crippen LogP contribution in [0.1, 0.15) is 27.7 Å². The van der Waals surface area contributed by atoms with E-state index in [2.05, 4.69) is 10.6 Å². The Bertz CT molecular complexity index is 726. The van der Waals surface area contributed by atoms with E-state index in [0.717, 1.165) is 22.7 Å². The second-order valence-corrected chi connectivity index (χ2v) is 6.78. The van der Waals surface area contributed by atoms with Crippen molar-refractivity contribution in [2.45, 2.75) is 20.3 Å². The Kier molecular flexibility index (Phi) is 7.21. The zero-order valence-electron chi connectivity index (χ0n) is 14.5. The van der Waals surface area contributed by atoms with Gasteiger partial charge in [-0.1, -0.05) is 12.1 Å². The molecule has 0 bridgehead atoms. The number of benzene rings is 1. The highest BCUT2D eigenvalue weighted by Gasteiger charge is 2.15. The number of hydrogen-bond acceptors (Lipinski definition) is 5.